The van der Waals surface area contributed by atoms with Gasteiger partial charge in [-0.3, -0.25) is 4.79 Å². The standard InChI is InChI=1S/C16H16O2/c1-11-5-4-6-14(9-11)15-7-8-16(12(2)10-15)18-13(3)17/h4-10H,1-3H3. The Kier molecular flexibility index (Phi) is 3.47. The van der Waals surface area contributed by atoms with E-state index < -0.39 is 0 Å². The van der Waals surface area contributed by atoms with E-state index in [0.717, 1.165) is 11.1 Å². The van der Waals surface area contributed by atoms with E-state index in [9.17, 15) is 4.79 Å². The van der Waals surface area contributed by atoms with Crippen molar-refractivity contribution >= 4 is 5.97 Å². The first-order chi connectivity index (χ1) is 8.56. The number of benzene rings is 2. The topological polar surface area (TPSA) is 26.3 Å². The third-order valence-corrected chi connectivity index (χ3v) is 2.78. The summed E-state index contributed by atoms with van der Waals surface area (Å²) in [5, 5.41) is 0. The normalized spacial score (nSPS) is 10.2. The molecule has 2 rings (SSSR count). The number of carbonyl (C=O) groups excluding carboxylic acids is 1. The first-order valence-electron chi connectivity index (χ1n) is 5.92. The monoisotopic (exact) mass is 240 g/mol. The second-order valence-corrected chi connectivity index (χ2v) is 4.44. The molecule has 0 fully saturated rings. The predicted molar refractivity (Wildman–Crippen MR) is 72.7 cm³/mol. The van der Waals surface area contributed by atoms with Gasteiger partial charge in [-0.05, 0) is 42.7 Å². The molecule has 0 saturated carbocycles. The number of ether oxygens (including phenoxy) is 1. The van der Waals surface area contributed by atoms with Crippen LogP contribution in [0.15, 0.2) is 42.5 Å². The molecule has 2 aromatic carbocycles. The minimum Gasteiger partial charge on any atom is -0.426 e. The van der Waals surface area contributed by atoms with Crippen LogP contribution < -0.4 is 4.74 Å². The molecule has 0 amide bonds. The number of hydrogen-bond acceptors (Lipinski definition) is 2. The molecular formula is C16H16O2. The maximum Gasteiger partial charge on any atom is 0.308 e. The zero-order valence-corrected chi connectivity index (χ0v) is 10.9. The molecule has 0 heterocycles. The summed E-state index contributed by atoms with van der Waals surface area (Å²) < 4.78 is 5.12. The maximum absolute atomic E-state index is 10.9. The van der Waals surface area contributed by atoms with Crippen LogP contribution in [0.3, 0.4) is 0 Å². The highest BCUT2D eigenvalue weighted by molar-refractivity contribution is 5.71. The zero-order valence-electron chi connectivity index (χ0n) is 10.9. The molecule has 0 unspecified atom stereocenters. The van der Waals surface area contributed by atoms with Gasteiger partial charge >= 0.3 is 5.97 Å². The Morgan fingerprint density at radius 3 is 2.33 bits per heavy atom. The molecule has 18 heavy (non-hydrogen) atoms. The molecule has 0 bridgehead atoms. The van der Waals surface area contributed by atoms with Crippen molar-refractivity contribution in [2.45, 2.75) is 20.8 Å². The molecule has 0 radical (unpaired) electrons. The van der Waals surface area contributed by atoms with Crippen LogP contribution in [0.25, 0.3) is 11.1 Å². The summed E-state index contributed by atoms with van der Waals surface area (Å²) in [5.74, 6) is 0.334. The number of esters is 1. The second-order valence-electron chi connectivity index (χ2n) is 4.44. The molecule has 0 aliphatic rings. The number of carbonyl (C=O) groups is 1. The van der Waals surface area contributed by atoms with Crippen LogP contribution >= 0.6 is 0 Å². The van der Waals surface area contributed by atoms with Gasteiger partial charge in [-0.2, -0.15) is 0 Å². The summed E-state index contributed by atoms with van der Waals surface area (Å²) in [4.78, 5) is 10.9. The SMILES string of the molecule is CC(=O)Oc1ccc(-c2cccc(C)c2)cc1C. The highest BCUT2D eigenvalue weighted by Gasteiger charge is 2.05. The van der Waals surface area contributed by atoms with Gasteiger partial charge < -0.3 is 4.74 Å². The summed E-state index contributed by atoms with van der Waals surface area (Å²) in [6.45, 7) is 5.43. The fourth-order valence-electron chi connectivity index (χ4n) is 1.92. The van der Waals surface area contributed by atoms with Crippen LogP contribution in [0, 0.1) is 13.8 Å². The van der Waals surface area contributed by atoms with E-state index in [2.05, 4.69) is 25.1 Å². The lowest BCUT2D eigenvalue weighted by Gasteiger charge is -2.08. The minimum atomic E-state index is -0.290. The highest BCUT2D eigenvalue weighted by Crippen LogP contribution is 2.26. The van der Waals surface area contributed by atoms with Crippen LogP contribution in [0.5, 0.6) is 5.75 Å². The van der Waals surface area contributed by atoms with Crippen molar-refractivity contribution in [3.8, 4) is 16.9 Å². The van der Waals surface area contributed by atoms with Crippen molar-refractivity contribution in [1.82, 2.24) is 0 Å². The van der Waals surface area contributed by atoms with Crippen LogP contribution in [-0.2, 0) is 4.79 Å². The Balaban J connectivity index is 2.37. The Morgan fingerprint density at radius 2 is 1.72 bits per heavy atom. The Hall–Kier alpha value is -2.09. The van der Waals surface area contributed by atoms with Gasteiger partial charge in [-0.15, -0.1) is 0 Å². The molecule has 0 N–H and O–H groups in total. The van der Waals surface area contributed by atoms with Crippen LogP contribution in [0.4, 0.5) is 0 Å². The van der Waals surface area contributed by atoms with Gasteiger partial charge in [0.25, 0.3) is 0 Å². The molecule has 0 aliphatic carbocycles. The average molecular weight is 240 g/mol. The van der Waals surface area contributed by atoms with Crippen molar-refractivity contribution in [1.29, 1.82) is 0 Å². The minimum absolute atomic E-state index is 0.290. The molecular weight excluding hydrogens is 224 g/mol. The lowest BCUT2D eigenvalue weighted by atomic mass is 10.0. The van der Waals surface area contributed by atoms with Crippen molar-refractivity contribution in [2.75, 3.05) is 0 Å². The largest absolute Gasteiger partial charge is 0.426 e. The lowest BCUT2D eigenvalue weighted by molar-refractivity contribution is -0.131. The number of hydrogen-bond donors (Lipinski definition) is 0. The molecule has 2 heteroatoms. The summed E-state index contributed by atoms with van der Waals surface area (Å²) in [5.41, 5.74) is 4.50. The highest BCUT2D eigenvalue weighted by atomic mass is 16.5. The maximum atomic E-state index is 10.9. The van der Waals surface area contributed by atoms with Crippen molar-refractivity contribution in [2.24, 2.45) is 0 Å². The predicted octanol–water partition coefficient (Wildman–Crippen LogP) is 3.90. The lowest BCUT2D eigenvalue weighted by Crippen LogP contribution is -2.02. The van der Waals surface area contributed by atoms with Crippen LogP contribution in [0.2, 0.25) is 0 Å². The summed E-state index contributed by atoms with van der Waals surface area (Å²) >= 11 is 0. The van der Waals surface area contributed by atoms with Gasteiger partial charge in [-0.25, -0.2) is 0 Å². The van der Waals surface area contributed by atoms with Crippen LogP contribution in [-0.4, -0.2) is 5.97 Å². The number of rotatable bonds is 2. The third kappa shape index (κ3) is 2.77. The van der Waals surface area contributed by atoms with Crippen molar-refractivity contribution in [3.05, 3.63) is 53.6 Å². The zero-order chi connectivity index (χ0) is 13.1. The van der Waals surface area contributed by atoms with Gasteiger partial charge in [0.1, 0.15) is 5.75 Å². The Morgan fingerprint density at radius 1 is 1.00 bits per heavy atom. The molecule has 0 aromatic heterocycles. The molecule has 2 nitrogen and oxygen atoms in total. The van der Waals surface area contributed by atoms with Gasteiger partial charge in [0, 0.05) is 6.92 Å². The Bertz CT molecular complexity index is 585. The first-order valence-corrected chi connectivity index (χ1v) is 5.92. The molecule has 0 saturated heterocycles. The van der Waals surface area contributed by atoms with Crippen LogP contribution in [0.1, 0.15) is 18.1 Å². The summed E-state index contributed by atoms with van der Waals surface area (Å²) in [6, 6.07) is 14.2. The van der Waals surface area contributed by atoms with E-state index in [1.807, 2.05) is 31.2 Å². The second kappa shape index (κ2) is 5.05. The van der Waals surface area contributed by atoms with E-state index in [1.165, 1.54) is 18.1 Å². The molecule has 92 valence electrons. The Labute approximate surface area is 107 Å². The molecule has 2 aromatic rings. The molecule has 0 aliphatic heterocycles. The average Bonchev–Trinajstić information content (AvgIpc) is 2.31. The van der Waals surface area contributed by atoms with Crippen molar-refractivity contribution in [3.63, 3.8) is 0 Å². The summed E-state index contributed by atoms with van der Waals surface area (Å²) in [7, 11) is 0. The van der Waals surface area contributed by atoms with Gasteiger partial charge in [0.2, 0.25) is 0 Å². The van der Waals surface area contributed by atoms with Gasteiger partial charge in [0.05, 0.1) is 0 Å². The fraction of sp³-hybridized carbons (Fsp3) is 0.188. The molecule has 0 atom stereocenters. The van der Waals surface area contributed by atoms with E-state index in [4.69, 9.17) is 4.74 Å². The van der Waals surface area contributed by atoms with E-state index in [-0.39, 0.29) is 5.97 Å². The van der Waals surface area contributed by atoms with Gasteiger partial charge in [-0.1, -0.05) is 35.9 Å². The quantitative estimate of drug-likeness (QED) is 0.588. The number of aryl methyl sites for hydroxylation is 2. The van der Waals surface area contributed by atoms with E-state index >= 15 is 0 Å². The first kappa shape index (κ1) is 12.4. The third-order valence-electron chi connectivity index (χ3n) is 2.78. The van der Waals surface area contributed by atoms with E-state index in [1.54, 1.807) is 0 Å². The van der Waals surface area contributed by atoms with Gasteiger partial charge in [0.15, 0.2) is 0 Å². The smallest absolute Gasteiger partial charge is 0.308 e. The fourth-order valence-corrected chi connectivity index (χ4v) is 1.92. The van der Waals surface area contributed by atoms with Crippen molar-refractivity contribution < 1.29 is 9.53 Å². The molecule has 0 spiro atoms. The summed E-state index contributed by atoms with van der Waals surface area (Å²) in [6.07, 6.45) is 0. The van der Waals surface area contributed by atoms with E-state index in [0.29, 0.717) is 5.75 Å².